The van der Waals surface area contributed by atoms with Crippen LogP contribution in [-0.2, 0) is 0 Å². The molecule has 2 aliphatic rings. The summed E-state index contributed by atoms with van der Waals surface area (Å²) in [4.78, 5) is 0. The zero-order valence-corrected chi connectivity index (χ0v) is 12.4. The van der Waals surface area contributed by atoms with Crippen molar-refractivity contribution in [3.63, 3.8) is 0 Å². The normalized spacial score (nSPS) is 37.8. The van der Waals surface area contributed by atoms with E-state index in [-0.39, 0.29) is 6.10 Å². The fourth-order valence-electron chi connectivity index (χ4n) is 4.50. The van der Waals surface area contributed by atoms with Gasteiger partial charge >= 0.3 is 0 Å². The molecule has 1 heteroatoms. The van der Waals surface area contributed by atoms with Crippen LogP contribution >= 0.6 is 0 Å². The van der Waals surface area contributed by atoms with Crippen molar-refractivity contribution in [3.05, 3.63) is 0 Å². The highest BCUT2D eigenvalue weighted by molar-refractivity contribution is 4.84. The van der Waals surface area contributed by atoms with Crippen molar-refractivity contribution in [1.82, 2.24) is 0 Å². The van der Waals surface area contributed by atoms with Gasteiger partial charge < -0.3 is 5.11 Å². The Balaban J connectivity index is 1.89. The predicted molar refractivity (Wildman–Crippen MR) is 77.5 cm³/mol. The first kappa shape index (κ1) is 14.4. The van der Waals surface area contributed by atoms with Crippen molar-refractivity contribution in [2.24, 2.45) is 23.7 Å². The summed E-state index contributed by atoms with van der Waals surface area (Å²) in [6, 6.07) is 0. The maximum Gasteiger partial charge on any atom is 0.0596 e. The molecule has 0 saturated heterocycles. The average Bonchev–Trinajstić information content (AvgIpc) is 2.26. The zero-order valence-electron chi connectivity index (χ0n) is 12.4. The van der Waals surface area contributed by atoms with E-state index in [4.69, 9.17) is 0 Å². The van der Waals surface area contributed by atoms with Crippen LogP contribution in [-0.4, -0.2) is 11.2 Å². The largest absolute Gasteiger partial charge is 0.393 e. The third kappa shape index (κ3) is 3.98. The quantitative estimate of drug-likeness (QED) is 0.750. The molecule has 3 atom stereocenters. The minimum absolute atomic E-state index is 0.00620. The van der Waals surface area contributed by atoms with E-state index in [1.54, 1.807) is 0 Å². The van der Waals surface area contributed by atoms with Gasteiger partial charge in [0.2, 0.25) is 0 Å². The highest BCUT2D eigenvalue weighted by atomic mass is 16.3. The lowest BCUT2D eigenvalue weighted by Crippen LogP contribution is -2.35. The van der Waals surface area contributed by atoms with Crippen molar-refractivity contribution in [3.8, 4) is 0 Å². The summed E-state index contributed by atoms with van der Waals surface area (Å²) in [5.41, 5.74) is 0. The van der Waals surface area contributed by atoms with E-state index in [2.05, 4.69) is 13.8 Å². The molecule has 3 unspecified atom stereocenters. The summed E-state index contributed by atoms with van der Waals surface area (Å²) in [5, 5.41) is 10.8. The summed E-state index contributed by atoms with van der Waals surface area (Å²) >= 11 is 0. The Morgan fingerprint density at radius 3 is 1.78 bits per heavy atom. The summed E-state index contributed by atoms with van der Waals surface area (Å²) < 4.78 is 0. The lowest BCUT2D eigenvalue weighted by molar-refractivity contribution is 0.00427. The predicted octanol–water partition coefficient (Wildman–Crippen LogP) is 4.78. The summed E-state index contributed by atoms with van der Waals surface area (Å²) in [6.45, 7) is 4.74. The maximum absolute atomic E-state index is 10.8. The zero-order chi connectivity index (χ0) is 13.0. The van der Waals surface area contributed by atoms with E-state index < -0.39 is 0 Å². The third-order valence-electron chi connectivity index (χ3n) is 5.33. The van der Waals surface area contributed by atoms with Gasteiger partial charge in [-0.05, 0) is 55.8 Å². The molecule has 0 aliphatic heterocycles. The Labute approximate surface area is 113 Å². The first-order valence-electron chi connectivity index (χ1n) is 8.35. The number of aliphatic hydroxyl groups is 1. The molecule has 0 aromatic carbocycles. The number of hydrogen-bond donors (Lipinski definition) is 1. The van der Waals surface area contributed by atoms with Crippen molar-refractivity contribution in [1.29, 1.82) is 0 Å². The summed E-state index contributed by atoms with van der Waals surface area (Å²) in [6.07, 6.45) is 13.3. The van der Waals surface area contributed by atoms with Crippen molar-refractivity contribution >= 4 is 0 Å². The molecule has 2 fully saturated rings. The van der Waals surface area contributed by atoms with Crippen molar-refractivity contribution in [2.45, 2.75) is 84.2 Å². The van der Waals surface area contributed by atoms with Crippen LogP contribution in [0, 0.1) is 23.7 Å². The second kappa shape index (κ2) is 6.93. The molecule has 2 aliphatic carbocycles. The van der Waals surface area contributed by atoms with Gasteiger partial charge in [0.25, 0.3) is 0 Å². The molecule has 18 heavy (non-hydrogen) atoms. The van der Waals surface area contributed by atoms with Crippen molar-refractivity contribution in [2.75, 3.05) is 0 Å². The van der Waals surface area contributed by atoms with E-state index >= 15 is 0 Å². The molecule has 2 rings (SSSR count). The summed E-state index contributed by atoms with van der Waals surface area (Å²) in [5.74, 6) is 2.84. The first-order chi connectivity index (χ1) is 8.66. The Bertz CT molecular complexity index is 220. The van der Waals surface area contributed by atoms with Crippen LogP contribution in [0.5, 0.6) is 0 Å². The van der Waals surface area contributed by atoms with Crippen molar-refractivity contribution < 1.29 is 5.11 Å². The lowest BCUT2D eigenvalue weighted by atomic mass is 9.70. The lowest BCUT2D eigenvalue weighted by Gasteiger charge is -2.38. The SMILES string of the molecule is CC1CC(C)CC(C(O)C2CCCCCCC2)C1. The van der Waals surface area contributed by atoms with Gasteiger partial charge in [-0.1, -0.05) is 46.0 Å². The average molecular weight is 252 g/mol. The molecule has 106 valence electrons. The van der Waals surface area contributed by atoms with Crippen LogP contribution < -0.4 is 0 Å². The molecule has 0 aromatic heterocycles. The van der Waals surface area contributed by atoms with E-state index in [9.17, 15) is 5.11 Å². The molecular weight excluding hydrogens is 220 g/mol. The molecule has 0 bridgehead atoms. The van der Waals surface area contributed by atoms with E-state index in [0.29, 0.717) is 11.8 Å². The topological polar surface area (TPSA) is 20.2 Å². The Morgan fingerprint density at radius 2 is 1.22 bits per heavy atom. The van der Waals surface area contributed by atoms with Crippen LogP contribution in [0.2, 0.25) is 0 Å². The molecule has 2 saturated carbocycles. The molecule has 0 aromatic rings. The maximum atomic E-state index is 10.8. The molecule has 0 heterocycles. The Hall–Kier alpha value is -0.0400. The van der Waals surface area contributed by atoms with E-state index in [0.717, 1.165) is 11.8 Å². The minimum atomic E-state index is -0.00620. The number of aliphatic hydroxyl groups excluding tert-OH is 1. The van der Waals surface area contributed by atoms with Gasteiger partial charge in [0.15, 0.2) is 0 Å². The molecule has 0 spiro atoms. The molecule has 0 radical (unpaired) electrons. The minimum Gasteiger partial charge on any atom is -0.393 e. The number of hydrogen-bond acceptors (Lipinski definition) is 1. The van der Waals surface area contributed by atoms with Gasteiger partial charge in [0, 0.05) is 0 Å². The molecule has 1 nitrogen and oxygen atoms in total. The monoisotopic (exact) mass is 252 g/mol. The van der Waals surface area contributed by atoms with Gasteiger partial charge in [-0.25, -0.2) is 0 Å². The van der Waals surface area contributed by atoms with E-state index in [1.165, 1.54) is 64.2 Å². The molecule has 0 amide bonds. The van der Waals surface area contributed by atoms with Gasteiger partial charge in [-0.3, -0.25) is 0 Å². The Kier molecular flexibility index (Phi) is 5.54. The second-order valence-corrected chi connectivity index (χ2v) is 7.27. The van der Waals surface area contributed by atoms with Crippen LogP contribution in [0.25, 0.3) is 0 Å². The fourth-order valence-corrected chi connectivity index (χ4v) is 4.50. The third-order valence-corrected chi connectivity index (χ3v) is 5.33. The Morgan fingerprint density at radius 1 is 0.722 bits per heavy atom. The molecular formula is C17H32O. The first-order valence-corrected chi connectivity index (χ1v) is 8.35. The fraction of sp³-hybridized carbons (Fsp3) is 1.00. The molecule has 1 N–H and O–H groups in total. The number of rotatable bonds is 2. The van der Waals surface area contributed by atoms with Crippen LogP contribution in [0.15, 0.2) is 0 Å². The smallest absolute Gasteiger partial charge is 0.0596 e. The summed E-state index contributed by atoms with van der Waals surface area (Å²) in [7, 11) is 0. The van der Waals surface area contributed by atoms with Gasteiger partial charge in [-0.15, -0.1) is 0 Å². The van der Waals surface area contributed by atoms with Gasteiger partial charge in [-0.2, -0.15) is 0 Å². The second-order valence-electron chi connectivity index (χ2n) is 7.27. The van der Waals surface area contributed by atoms with Crippen LogP contribution in [0.4, 0.5) is 0 Å². The highest BCUT2D eigenvalue weighted by Gasteiger charge is 2.33. The van der Waals surface area contributed by atoms with Crippen LogP contribution in [0.3, 0.4) is 0 Å². The van der Waals surface area contributed by atoms with Gasteiger partial charge in [0.05, 0.1) is 6.10 Å². The van der Waals surface area contributed by atoms with E-state index in [1.807, 2.05) is 0 Å². The standard InChI is InChI=1S/C17H32O/c1-13-10-14(2)12-16(11-13)17(18)15-8-6-4-3-5-7-9-15/h13-18H,3-12H2,1-2H3. The highest BCUT2D eigenvalue weighted by Crippen LogP contribution is 2.38. The van der Waals surface area contributed by atoms with Gasteiger partial charge in [0.1, 0.15) is 0 Å². The van der Waals surface area contributed by atoms with Crippen LogP contribution in [0.1, 0.15) is 78.1 Å².